The molecule has 0 aliphatic carbocycles. The Hall–Kier alpha value is -1.97. The summed E-state index contributed by atoms with van der Waals surface area (Å²) < 4.78 is 2.11. The fourth-order valence-electron chi connectivity index (χ4n) is 2.11. The molecule has 0 fully saturated rings. The molecule has 1 aromatic carbocycles. The number of aromatic nitrogens is 2. The highest BCUT2D eigenvalue weighted by molar-refractivity contribution is 5.46. The molecule has 0 unspecified atom stereocenters. The Kier molecular flexibility index (Phi) is 4.10. The normalized spacial score (nSPS) is 10.5. The Morgan fingerprint density at radius 1 is 1.32 bits per heavy atom. The lowest BCUT2D eigenvalue weighted by molar-refractivity contribution is 0.814. The lowest BCUT2D eigenvalue weighted by Crippen LogP contribution is -2.15. The number of hydrogen-bond donors (Lipinski definition) is 1. The van der Waals surface area contributed by atoms with E-state index in [2.05, 4.69) is 46.1 Å². The lowest BCUT2D eigenvalue weighted by Gasteiger charge is -2.13. The molecule has 2 aromatic rings. The summed E-state index contributed by atoms with van der Waals surface area (Å²) in [4.78, 5) is 6.43. The van der Waals surface area contributed by atoms with Crippen LogP contribution < -0.4 is 10.2 Å². The molecule has 102 valence electrons. The van der Waals surface area contributed by atoms with Crippen molar-refractivity contribution >= 4 is 11.6 Å². The van der Waals surface area contributed by atoms with E-state index in [0.29, 0.717) is 0 Å². The second-order valence-electron chi connectivity index (χ2n) is 4.91. The molecule has 0 radical (unpaired) electrons. The van der Waals surface area contributed by atoms with Crippen molar-refractivity contribution in [1.82, 2.24) is 9.55 Å². The zero-order valence-electron chi connectivity index (χ0n) is 12.1. The van der Waals surface area contributed by atoms with Crippen LogP contribution in [0.1, 0.15) is 18.2 Å². The van der Waals surface area contributed by atoms with Crippen LogP contribution in [-0.4, -0.2) is 23.6 Å². The molecule has 0 saturated heterocycles. The SMILES string of the molecule is CCc1cccc(NCc2cnc(N(C)C)n2C)c1. The second kappa shape index (κ2) is 5.78. The highest BCUT2D eigenvalue weighted by atomic mass is 15.3. The van der Waals surface area contributed by atoms with Crippen molar-refractivity contribution in [3.05, 3.63) is 41.7 Å². The Morgan fingerprint density at radius 2 is 2.11 bits per heavy atom. The largest absolute Gasteiger partial charge is 0.379 e. The van der Waals surface area contributed by atoms with Crippen LogP contribution in [0.5, 0.6) is 0 Å². The Labute approximate surface area is 115 Å². The zero-order chi connectivity index (χ0) is 13.8. The van der Waals surface area contributed by atoms with Gasteiger partial charge in [0.05, 0.1) is 18.4 Å². The van der Waals surface area contributed by atoms with Crippen LogP contribution in [0.2, 0.25) is 0 Å². The first-order chi connectivity index (χ1) is 9.11. The maximum absolute atomic E-state index is 4.41. The predicted octanol–water partition coefficient (Wildman–Crippen LogP) is 2.66. The first-order valence-electron chi connectivity index (χ1n) is 6.62. The van der Waals surface area contributed by atoms with Crippen LogP contribution in [0, 0.1) is 0 Å². The van der Waals surface area contributed by atoms with Gasteiger partial charge in [-0.15, -0.1) is 0 Å². The number of aryl methyl sites for hydroxylation is 1. The van der Waals surface area contributed by atoms with Gasteiger partial charge in [0.15, 0.2) is 0 Å². The number of nitrogens with one attached hydrogen (secondary N) is 1. The van der Waals surface area contributed by atoms with Crippen LogP contribution in [0.4, 0.5) is 11.6 Å². The van der Waals surface area contributed by atoms with Gasteiger partial charge in [-0.1, -0.05) is 19.1 Å². The van der Waals surface area contributed by atoms with E-state index in [-0.39, 0.29) is 0 Å². The van der Waals surface area contributed by atoms with E-state index in [0.717, 1.165) is 24.6 Å². The van der Waals surface area contributed by atoms with Crippen molar-refractivity contribution in [2.24, 2.45) is 7.05 Å². The van der Waals surface area contributed by atoms with Gasteiger partial charge in [0.1, 0.15) is 0 Å². The number of rotatable bonds is 5. The summed E-state index contributed by atoms with van der Waals surface area (Å²) in [5.74, 6) is 0.971. The van der Waals surface area contributed by atoms with Crippen LogP contribution in [0.15, 0.2) is 30.5 Å². The first-order valence-corrected chi connectivity index (χ1v) is 6.62. The third kappa shape index (κ3) is 3.08. The summed E-state index contributed by atoms with van der Waals surface area (Å²) in [7, 11) is 6.05. The van der Waals surface area contributed by atoms with Gasteiger partial charge < -0.3 is 14.8 Å². The second-order valence-corrected chi connectivity index (χ2v) is 4.91. The molecule has 0 atom stereocenters. The van der Waals surface area contributed by atoms with Crippen molar-refractivity contribution in [3.63, 3.8) is 0 Å². The molecule has 0 bridgehead atoms. The van der Waals surface area contributed by atoms with Crippen LogP contribution in [0.25, 0.3) is 0 Å². The van der Waals surface area contributed by atoms with Crippen LogP contribution in [0.3, 0.4) is 0 Å². The van der Waals surface area contributed by atoms with E-state index in [1.165, 1.54) is 11.3 Å². The van der Waals surface area contributed by atoms with E-state index in [4.69, 9.17) is 0 Å². The van der Waals surface area contributed by atoms with Crippen molar-refractivity contribution in [2.45, 2.75) is 19.9 Å². The topological polar surface area (TPSA) is 33.1 Å². The Balaban J connectivity index is 2.06. The van der Waals surface area contributed by atoms with Gasteiger partial charge in [0.25, 0.3) is 0 Å². The zero-order valence-corrected chi connectivity index (χ0v) is 12.1. The number of anilines is 2. The van der Waals surface area contributed by atoms with E-state index in [1.54, 1.807) is 0 Å². The van der Waals surface area contributed by atoms with E-state index in [1.807, 2.05) is 32.2 Å². The van der Waals surface area contributed by atoms with E-state index in [9.17, 15) is 0 Å². The number of benzene rings is 1. The average molecular weight is 258 g/mol. The Bertz CT molecular complexity index is 543. The van der Waals surface area contributed by atoms with Gasteiger partial charge in [-0.25, -0.2) is 4.98 Å². The van der Waals surface area contributed by atoms with Crippen molar-refractivity contribution in [1.29, 1.82) is 0 Å². The van der Waals surface area contributed by atoms with Gasteiger partial charge in [0.2, 0.25) is 5.95 Å². The van der Waals surface area contributed by atoms with E-state index < -0.39 is 0 Å². The molecule has 1 aromatic heterocycles. The molecule has 1 N–H and O–H groups in total. The summed E-state index contributed by atoms with van der Waals surface area (Å²) in [5, 5.41) is 3.45. The molecule has 19 heavy (non-hydrogen) atoms. The average Bonchev–Trinajstić information content (AvgIpc) is 2.78. The van der Waals surface area contributed by atoms with Crippen LogP contribution >= 0.6 is 0 Å². The highest BCUT2D eigenvalue weighted by Crippen LogP contribution is 2.15. The summed E-state index contributed by atoms with van der Waals surface area (Å²) >= 11 is 0. The molecule has 2 rings (SSSR count). The summed E-state index contributed by atoms with van der Waals surface area (Å²) in [6.45, 7) is 2.95. The molecule has 0 aliphatic rings. The monoisotopic (exact) mass is 258 g/mol. The predicted molar refractivity (Wildman–Crippen MR) is 80.7 cm³/mol. The summed E-state index contributed by atoms with van der Waals surface area (Å²) in [5.41, 5.74) is 3.68. The molecule has 0 spiro atoms. The minimum atomic E-state index is 0.782. The molecule has 4 heteroatoms. The third-order valence-electron chi connectivity index (χ3n) is 3.27. The molecular weight excluding hydrogens is 236 g/mol. The first kappa shape index (κ1) is 13.5. The number of nitrogens with zero attached hydrogens (tertiary/aromatic N) is 3. The molecule has 0 saturated carbocycles. The van der Waals surface area contributed by atoms with Crippen molar-refractivity contribution < 1.29 is 0 Å². The maximum atomic E-state index is 4.41. The Morgan fingerprint density at radius 3 is 2.74 bits per heavy atom. The molecule has 0 amide bonds. The fraction of sp³-hybridized carbons (Fsp3) is 0.400. The number of hydrogen-bond acceptors (Lipinski definition) is 3. The minimum absolute atomic E-state index is 0.782. The van der Waals surface area contributed by atoms with Gasteiger partial charge in [-0.3, -0.25) is 0 Å². The lowest BCUT2D eigenvalue weighted by atomic mass is 10.1. The molecule has 4 nitrogen and oxygen atoms in total. The highest BCUT2D eigenvalue weighted by Gasteiger charge is 2.07. The van der Waals surface area contributed by atoms with Crippen molar-refractivity contribution in [3.8, 4) is 0 Å². The standard InChI is InChI=1S/C15H22N4/c1-5-12-7-6-8-13(9-12)16-10-14-11-17-15(18(2)3)19(14)4/h6-9,11,16H,5,10H2,1-4H3. The van der Waals surface area contributed by atoms with Gasteiger partial charge in [-0.05, 0) is 24.1 Å². The molecular formula is C15H22N4. The fourth-order valence-corrected chi connectivity index (χ4v) is 2.11. The quantitative estimate of drug-likeness (QED) is 0.895. The van der Waals surface area contributed by atoms with Gasteiger partial charge in [-0.2, -0.15) is 0 Å². The van der Waals surface area contributed by atoms with Gasteiger partial charge >= 0.3 is 0 Å². The third-order valence-corrected chi connectivity index (χ3v) is 3.27. The smallest absolute Gasteiger partial charge is 0.204 e. The molecule has 1 heterocycles. The molecule has 0 aliphatic heterocycles. The maximum Gasteiger partial charge on any atom is 0.204 e. The number of imidazole rings is 1. The van der Waals surface area contributed by atoms with Gasteiger partial charge in [0, 0.05) is 26.8 Å². The van der Waals surface area contributed by atoms with E-state index >= 15 is 0 Å². The minimum Gasteiger partial charge on any atom is -0.379 e. The summed E-state index contributed by atoms with van der Waals surface area (Å²) in [6, 6.07) is 8.54. The summed E-state index contributed by atoms with van der Waals surface area (Å²) in [6.07, 6.45) is 2.98. The van der Waals surface area contributed by atoms with Crippen molar-refractivity contribution in [2.75, 3.05) is 24.3 Å². The van der Waals surface area contributed by atoms with Crippen LogP contribution in [-0.2, 0) is 20.0 Å².